The maximum Gasteiger partial charge on any atom is 0.339 e. The lowest BCUT2D eigenvalue weighted by Gasteiger charge is -2.06. The molecule has 2 aromatic heterocycles. The van der Waals surface area contributed by atoms with E-state index in [2.05, 4.69) is 0 Å². The van der Waals surface area contributed by atoms with Gasteiger partial charge < -0.3 is 14.1 Å². The Kier molecular flexibility index (Phi) is 2.87. The largest absolute Gasteiger partial charge is 0.478 e. The average Bonchev–Trinajstić information content (AvgIpc) is 2.91. The zero-order valence-corrected chi connectivity index (χ0v) is 10.4. The van der Waals surface area contributed by atoms with E-state index in [-0.39, 0.29) is 23.4 Å². The average molecular weight is 269 g/mol. The first-order valence-corrected chi connectivity index (χ1v) is 6.04. The predicted molar refractivity (Wildman–Crippen MR) is 73.0 cm³/mol. The molecule has 3 aromatic rings. The zero-order valence-electron chi connectivity index (χ0n) is 10.4. The molecule has 0 atom stereocenters. The normalized spacial score (nSPS) is 10.8. The summed E-state index contributed by atoms with van der Waals surface area (Å²) in [4.78, 5) is 23.3. The lowest BCUT2D eigenvalue weighted by molar-refractivity contribution is 0.0694. The van der Waals surface area contributed by atoms with Gasteiger partial charge in [-0.15, -0.1) is 0 Å². The Bertz CT molecular complexity index is 844. The Morgan fingerprint density at radius 3 is 2.80 bits per heavy atom. The minimum atomic E-state index is -1.07. The summed E-state index contributed by atoms with van der Waals surface area (Å²) in [6, 6.07) is 10.5. The molecule has 5 heteroatoms. The van der Waals surface area contributed by atoms with Crippen LogP contribution < -0.4 is 5.56 Å². The van der Waals surface area contributed by atoms with Crippen LogP contribution in [0.2, 0.25) is 0 Å². The molecule has 0 aliphatic heterocycles. The highest BCUT2D eigenvalue weighted by atomic mass is 16.4. The van der Waals surface area contributed by atoms with Crippen LogP contribution in [-0.2, 0) is 6.54 Å². The topological polar surface area (TPSA) is 72.4 Å². The van der Waals surface area contributed by atoms with Gasteiger partial charge in [0.2, 0.25) is 0 Å². The molecule has 0 aliphatic carbocycles. The molecule has 0 unspecified atom stereocenters. The fraction of sp³-hybridized carbons (Fsp3) is 0.0667. The molecular formula is C15H11NO4. The molecule has 5 nitrogen and oxygen atoms in total. The van der Waals surface area contributed by atoms with Crippen molar-refractivity contribution in [1.82, 2.24) is 4.57 Å². The molecular weight excluding hydrogens is 258 g/mol. The van der Waals surface area contributed by atoms with Crippen molar-refractivity contribution in [3.8, 4) is 0 Å². The summed E-state index contributed by atoms with van der Waals surface area (Å²) in [5, 5.41) is 10.5. The molecule has 0 fully saturated rings. The first-order valence-electron chi connectivity index (χ1n) is 6.04. The van der Waals surface area contributed by atoms with E-state index in [0.29, 0.717) is 5.39 Å². The molecule has 0 radical (unpaired) electrons. The van der Waals surface area contributed by atoms with Gasteiger partial charge in [-0.3, -0.25) is 4.79 Å². The van der Waals surface area contributed by atoms with Crippen LogP contribution in [0.5, 0.6) is 0 Å². The van der Waals surface area contributed by atoms with Gasteiger partial charge in [0.15, 0.2) is 0 Å². The maximum atomic E-state index is 12.3. The molecule has 3 rings (SSSR count). The number of fused-ring (bicyclic) bond motifs is 1. The molecule has 1 N–H and O–H groups in total. The van der Waals surface area contributed by atoms with Crippen LogP contribution in [-0.4, -0.2) is 15.6 Å². The van der Waals surface area contributed by atoms with Gasteiger partial charge in [-0.1, -0.05) is 18.2 Å². The third-order valence-electron chi connectivity index (χ3n) is 3.18. The van der Waals surface area contributed by atoms with E-state index < -0.39 is 5.97 Å². The fourth-order valence-corrected chi connectivity index (χ4v) is 2.16. The van der Waals surface area contributed by atoms with E-state index in [1.165, 1.54) is 16.9 Å². The van der Waals surface area contributed by atoms with Gasteiger partial charge in [0.1, 0.15) is 11.3 Å². The van der Waals surface area contributed by atoms with Crippen molar-refractivity contribution in [3.63, 3.8) is 0 Å². The number of carboxylic acids is 1. The van der Waals surface area contributed by atoms with E-state index in [9.17, 15) is 9.59 Å². The Morgan fingerprint density at radius 2 is 2.00 bits per heavy atom. The van der Waals surface area contributed by atoms with Crippen molar-refractivity contribution in [2.45, 2.75) is 6.54 Å². The number of pyridine rings is 1. The maximum absolute atomic E-state index is 12.3. The van der Waals surface area contributed by atoms with Gasteiger partial charge in [-0.2, -0.15) is 0 Å². The number of rotatable bonds is 3. The van der Waals surface area contributed by atoms with E-state index in [1.54, 1.807) is 18.3 Å². The van der Waals surface area contributed by atoms with Crippen LogP contribution in [0.1, 0.15) is 16.1 Å². The number of hydrogen-bond acceptors (Lipinski definition) is 3. The summed E-state index contributed by atoms with van der Waals surface area (Å²) in [5.41, 5.74) is -0.0964. The molecule has 0 aliphatic rings. The Morgan fingerprint density at radius 1 is 1.20 bits per heavy atom. The highest BCUT2D eigenvalue weighted by Gasteiger charge is 2.14. The second kappa shape index (κ2) is 4.70. The summed E-state index contributed by atoms with van der Waals surface area (Å²) >= 11 is 0. The number of hydrogen-bond donors (Lipinski definition) is 1. The number of benzene rings is 1. The summed E-state index contributed by atoms with van der Waals surface area (Å²) in [7, 11) is 0. The van der Waals surface area contributed by atoms with Crippen molar-refractivity contribution >= 4 is 16.7 Å². The minimum absolute atomic E-state index is 0.0741. The standard InChI is InChI=1S/C15H11NO4/c17-14-11-4-2-1-3-10(11)5-7-16(14)9-13-12(15(18)19)6-8-20-13/h1-8H,9H2,(H,18,19). The number of furan rings is 1. The highest BCUT2D eigenvalue weighted by Crippen LogP contribution is 2.13. The van der Waals surface area contributed by atoms with Crippen LogP contribution in [0.25, 0.3) is 10.8 Å². The third-order valence-corrected chi connectivity index (χ3v) is 3.18. The summed E-state index contributed by atoms with van der Waals surface area (Å²) in [6.07, 6.45) is 2.95. The zero-order chi connectivity index (χ0) is 14.1. The molecule has 100 valence electrons. The Hall–Kier alpha value is -2.82. The predicted octanol–water partition coefficient (Wildman–Crippen LogP) is 2.34. The number of aromatic carboxylic acids is 1. The van der Waals surface area contributed by atoms with Crippen molar-refractivity contribution < 1.29 is 14.3 Å². The number of carbonyl (C=O) groups is 1. The highest BCUT2D eigenvalue weighted by molar-refractivity contribution is 5.88. The van der Waals surface area contributed by atoms with Crippen LogP contribution in [0.4, 0.5) is 0 Å². The van der Waals surface area contributed by atoms with Crippen LogP contribution in [0, 0.1) is 0 Å². The van der Waals surface area contributed by atoms with Gasteiger partial charge in [0.25, 0.3) is 5.56 Å². The molecule has 1 aromatic carbocycles. The van der Waals surface area contributed by atoms with Crippen molar-refractivity contribution in [2.75, 3.05) is 0 Å². The smallest absolute Gasteiger partial charge is 0.339 e. The second-order valence-electron chi connectivity index (χ2n) is 4.40. The van der Waals surface area contributed by atoms with Crippen LogP contribution in [0.3, 0.4) is 0 Å². The quantitative estimate of drug-likeness (QED) is 0.792. The van der Waals surface area contributed by atoms with Crippen molar-refractivity contribution in [1.29, 1.82) is 0 Å². The van der Waals surface area contributed by atoms with Crippen LogP contribution >= 0.6 is 0 Å². The second-order valence-corrected chi connectivity index (χ2v) is 4.40. The van der Waals surface area contributed by atoms with E-state index >= 15 is 0 Å². The van der Waals surface area contributed by atoms with Crippen molar-refractivity contribution in [3.05, 3.63) is 70.5 Å². The van der Waals surface area contributed by atoms with Gasteiger partial charge >= 0.3 is 5.97 Å². The molecule has 0 spiro atoms. The van der Waals surface area contributed by atoms with Gasteiger partial charge in [0.05, 0.1) is 12.8 Å². The number of carboxylic acid groups (broad SMARTS) is 1. The summed E-state index contributed by atoms with van der Waals surface area (Å²) in [6.45, 7) is 0.0955. The van der Waals surface area contributed by atoms with Gasteiger partial charge in [-0.25, -0.2) is 4.79 Å². The molecule has 0 saturated carbocycles. The number of nitrogens with zero attached hydrogens (tertiary/aromatic N) is 1. The Labute approximate surface area is 113 Å². The van der Waals surface area contributed by atoms with Gasteiger partial charge in [-0.05, 0) is 23.6 Å². The molecule has 20 heavy (non-hydrogen) atoms. The van der Waals surface area contributed by atoms with E-state index in [1.807, 2.05) is 18.2 Å². The van der Waals surface area contributed by atoms with E-state index in [0.717, 1.165) is 5.39 Å². The van der Waals surface area contributed by atoms with Crippen molar-refractivity contribution in [2.24, 2.45) is 0 Å². The number of aromatic nitrogens is 1. The monoisotopic (exact) mass is 269 g/mol. The van der Waals surface area contributed by atoms with E-state index in [4.69, 9.17) is 9.52 Å². The summed E-state index contributed by atoms with van der Waals surface area (Å²) in [5.74, 6) is -0.808. The fourth-order valence-electron chi connectivity index (χ4n) is 2.16. The minimum Gasteiger partial charge on any atom is -0.478 e. The molecule has 0 bridgehead atoms. The molecule has 0 amide bonds. The SMILES string of the molecule is O=C(O)c1ccoc1Cn1ccc2ccccc2c1=O. The molecule has 0 saturated heterocycles. The first kappa shape index (κ1) is 12.2. The third kappa shape index (κ3) is 1.99. The van der Waals surface area contributed by atoms with Gasteiger partial charge in [0, 0.05) is 11.6 Å². The first-order chi connectivity index (χ1) is 9.66. The Balaban J connectivity index is 2.07. The molecule has 2 heterocycles. The van der Waals surface area contributed by atoms with Crippen LogP contribution in [0.15, 0.2) is 58.1 Å². The summed E-state index contributed by atoms with van der Waals surface area (Å²) < 4.78 is 6.59. The lowest BCUT2D eigenvalue weighted by atomic mass is 10.2. The lowest BCUT2D eigenvalue weighted by Crippen LogP contribution is -2.20.